The Morgan fingerprint density at radius 2 is 2.25 bits per heavy atom. The molecule has 1 unspecified atom stereocenters. The summed E-state index contributed by atoms with van der Waals surface area (Å²) < 4.78 is 0.778. The van der Waals surface area contributed by atoms with E-state index in [1.165, 1.54) is 6.20 Å². The molecule has 6 nitrogen and oxygen atoms in total. The van der Waals surface area contributed by atoms with Crippen molar-refractivity contribution in [2.45, 2.75) is 12.5 Å². The second kappa shape index (κ2) is 5.57. The van der Waals surface area contributed by atoms with Crippen molar-refractivity contribution in [3.05, 3.63) is 22.8 Å². The first-order chi connectivity index (χ1) is 7.49. The fraction of sp³-hybridized carbons (Fsp3) is 0.222. The molecule has 0 bridgehead atoms. The number of hydrogen-bond acceptors (Lipinski definition) is 4. The van der Waals surface area contributed by atoms with Crippen LogP contribution in [0.3, 0.4) is 0 Å². The molecule has 7 heteroatoms. The van der Waals surface area contributed by atoms with Gasteiger partial charge in [-0.15, -0.1) is 0 Å². The third-order valence-electron chi connectivity index (χ3n) is 1.71. The third kappa shape index (κ3) is 3.95. The lowest BCUT2D eigenvalue weighted by Crippen LogP contribution is -2.37. The number of carbonyl (C=O) groups is 2. The zero-order valence-electron chi connectivity index (χ0n) is 8.18. The second-order valence-corrected chi connectivity index (χ2v) is 3.97. The molecule has 0 saturated carbocycles. The summed E-state index contributed by atoms with van der Waals surface area (Å²) in [5.74, 6) is -1.36. The molecule has 1 aromatic rings. The molecule has 1 heterocycles. The number of carboxylic acids is 1. The smallest absolute Gasteiger partial charge is 0.305 e. The Labute approximate surface area is 100.0 Å². The standard InChI is InChI=1S/C9H10BrN3O3/c10-5-1-2-7(12-4-5)13-9(16)6(11)3-8(14)15/h1-2,4,6H,3,11H2,(H,14,15)(H,12,13,16). The molecule has 1 aromatic heterocycles. The third-order valence-corrected chi connectivity index (χ3v) is 2.18. The number of hydrogen-bond donors (Lipinski definition) is 3. The van der Waals surface area contributed by atoms with E-state index in [1.54, 1.807) is 12.1 Å². The number of rotatable bonds is 4. The number of amides is 1. The highest BCUT2D eigenvalue weighted by molar-refractivity contribution is 9.10. The average Bonchev–Trinajstić information content (AvgIpc) is 2.20. The Balaban J connectivity index is 2.57. The van der Waals surface area contributed by atoms with Crippen molar-refractivity contribution >= 4 is 33.6 Å². The van der Waals surface area contributed by atoms with E-state index in [4.69, 9.17) is 10.8 Å². The normalized spacial score (nSPS) is 11.9. The fourth-order valence-electron chi connectivity index (χ4n) is 0.950. The summed E-state index contributed by atoms with van der Waals surface area (Å²) in [5.41, 5.74) is 5.37. The van der Waals surface area contributed by atoms with E-state index in [-0.39, 0.29) is 0 Å². The van der Waals surface area contributed by atoms with Gasteiger partial charge in [0.25, 0.3) is 0 Å². The number of carbonyl (C=O) groups excluding carboxylic acids is 1. The minimum absolute atomic E-state index is 0.328. The van der Waals surface area contributed by atoms with E-state index in [0.29, 0.717) is 5.82 Å². The minimum atomic E-state index is -1.12. The molecular weight excluding hydrogens is 278 g/mol. The van der Waals surface area contributed by atoms with Gasteiger partial charge in [-0.2, -0.15) is 0 Å². The van der Waals surface area contributed by atoms with E-state index in [1.807, 2.05) is 0 Å². The van der Waals surface area contributed by atoms with Crippen LogP contribution in [0, 0.1) is 0 Å². The Hall–Kier alpha value is -1.47. The number of aliphatic carboxylic acids is 1. The molecule has 0 fully saturated rings. The average molecular weight is 288 g/mol. The van der Waals surface area contributed by atoms with Crippen LogP contribution in [0.5, 0.6) is 0 Å². The van der Waals surface area contributed by atoms with Crippen molar-refractivity contribution in [2.24, 2.45) is 5.73 Å². The highest BCUT2D eigenvalue weighted by Crippen LogP contribution is 2.10. The first-order valence-corrected chi connectivity index (χ1v) is 5.18. The molecule has 1 rings (SSSR count). The van der Waals surface area contributed by atoms with Crippen molar-refractivity contribution in [2.75, 3.05) is 5.32 Å². The van der Waals surface area contributed by atoms with Crippen LogP contribution in [0.1, 0.15) is 6.42 Å². The van der Waals surface area contributed by atoms with Gasteiger partial charge in [0.15, 0.2) is 0 Å². The summed E-state index contributed by atoms with van der Waals surface area (Å²) >= 11 is 3.20. The molecule has 0 aliphatic rings. The summed E-state index contributed by atoms with van der Waals surface area (Å²) in [7, 11) is 0. The Bertz CT molecular complexity index is 393. The number of nitrogens with two attached hydrogens (primary N) is 1. The lowest BCUT2D eigenvalue weighted by atomic mass is 10.2. The van der Waals surface area contributed by atoms with Gasteiger partial charge in [0.2, 0.25) is 5.91 Å². The van der Waals surface area contributed by atoms with Gasteiger partial charge in [0, 0.05) is 10.7 Å². The van der Waals surface area contributed by atoms with Crippen molar-refractivity contribution in [3.8, 4) is 0 Å². The number of nitrogens with zero attached hydrogens (tertiary/aromatic N) is 1. The quantitative estimate of drug-likeness (QED) is 0.751. The summed E-state index contributed by atoms with van der Waals surface area (Å²) in [5, 5.41) is 10.9. The molecule has 86 valence electrons. The lowest BCUT2D eigenvalue weighted by Gasteiger charge is -2.09. The maximum atomic E-state index is 11.4. The first-order valence-electron chi connectivity index (χ1n) is 4.39. The first kappa shape index (κ1) is 12.6. The monoisotopic (exact) mass is 287 g/mol. The number of anilines is 1. The van der Waals surface area contributed by atoms with Crippen LogP contribution in [-0.2, 0) is 9.59 Å². The van der Waals surface area contributed by atoms with E-state index in [9.17, 15) is 9.59 Å². The fourth-order valence-corrected chi connectivity index (χ4v) is 1.18. The van der Waals surface area contributed by atoms with Crippen LogP contribution in [0.4, 0.5) is 5.82 Å². The zero-order chi connectivity index (χ0) is 12.1. The van der Waals surface area contributed by atoms with Gasteiger partial charge in [0.05, 0.1) is 12.5 Å². The van der Waals surface area contributed by atoms with Gasteiger partial charge in [-0.1, -0.05) is 0 Å². The molecule has 0 aliphatic carbocycles. The lowest BCUT2D eigenvalue weighted by molar-refractivity contribution is -0.138. The van der Waals surface area contributed by atoms with Crippen LogP contribution in [-0.4, -0.2) is 28.0 Å². The van der Waals surface area contributed by atoms with Crippen molar-refractivity contribution < 1.29 is 14.7 Å². The summed E-state index contributed by atoms with van der Waals surface area (Å²) in [6.45, 7) is 0. The van der Waals surface area contributed by atoms with E-state index in [2.05, 4.69) is 26.2 Å². The number of pyridine rings is 1. The van der Waals surface area contributed by atoms with E-state index in [0.717, 1.165) is 4.47 Å². The second-order valence-electron chi connectivity index (χ2n) is 3.06. The zero-order valence-corrected chi connectivity index (χ0v) is 9.77. The molecule has 16 heavy (non-hydrogen) atoms. The molecule has 0 aliphatic heterocycles. The molecule has 4 N–H and O–H groups in total. The summed E-state index contributed by atoms with van der Waals surface area (Å²) in [4.78, 5) is 25.6. The van der Waals surface area contributed by atoms with E-state index >= 15 is 0 Å². The maximum Gasteiger partial charge on any atom is 0.305 e. The van der Waals surface area contributed by atoms with Crippen LogP contribution in [0.15, 0.2) is 22.8 Å². The predicted octanol–water partition coefficient (Wildman–Crippen LogP) is 0.585. The highest BCUT2D eigenvalue weighted by Gasteiger charge is 2.17. The van der Waals surface area contributed by atoms with Crippen molar-refractivity contribution in [1.82, 2.24) is 4.98 Å². The Morgan fingerprint density at radius 1 is 1.56 bits per heavy atom. The maximum absolute atomic E-state index is 11.4. The van der Waals surface area contributed by atoms with Gasteiger partial charge >= 0.3 is 5.97 Å². The summed E-state index contributed by atoms with van der Waals surface area (Å²) in [6, 6.07) is 2.20. The van der Waals surface area contributed by atoms with Crippen LogP contribution < -0.4 is 11.1 Å². The van der Waals surface area contributed by atoms with Gasteiger partial charge in [0.1, 0.15) is 5.82 Å². The predicted molar refractivity (Wildman–Crippen MR) is 60.8 cm³/mol. The Morgan fingerprint density at radius 3 is 2.75 bits per heavy atom. The molecule has 0 aromatic carbocycles. The number of nitrogens with one attached hydrogen (secondary N) is 1. The summed E-state index contributed by atoms with van der Waals surface area (Å²) in [6.07, 6.45) is 1.10. The van der Waals surface area contributed by atoms with Crippen LogP contribution in [0.25, 0.3) is 0 Å². The Kier molecular flexibility index (Phi) is 4.39. The molecule has 1 amide bonds. The minimum Gasteiger partial charge on any atom is -0.481 e. The number of carboxylic acid groups (broad SMARTS) is 1. The molecule has 0 saturated heterocycles. The van der Waals surface area contributed by atoms with Gasteiger partial charge in [-0.25, -0.2) is 4.98 Å². The van der Waals surface area contributed by atoms with Gasteiger partial charge in [-0.3, -0.25) is 9.59 Å². The highest BCUT2D eigenvalue weighted by atomic mass is 79.9. The molecule has 0 radical (unpaired) electrons. The number of halogens is 1. The van der Waals surface area contributed by atoms with Crippen molar-refractivity contribution in [1.29, 1.82) is 0 Å². The molecular formula is C9H10BrN3O3. The SMILES string of the molecule is NC(CC(=O)O)C(=O)Nc1ccc(Br)cn1. The van der Waals surface area contributed by atoms with Crippen LogP contribution in [0.2, 0.25) is 0 Å². The van der Waals surface area contributed by atoms with E-state index < -0.39 is 24.3 Å². The largest absolute Gasteiger partial charge is 0.481 e. The topological polar surface area (TPSA) is 105 Å². The van der Waals surface area contributed by atoms with Crippen LogP contribution >= 0.6 is 15.9 Å². The van der Waals surface area contributed by atoms with Gasteiger partial charge in [-0.05, 0) is 28.1 Å². The van der Waals surface area contributed by atoms with Gasteiger partial charge < -0.3 is 16.2 Å². The molecule has 0 spiro atoms. The number of aromatic nitrogens is 1. The molecule has 1 atom stereocenters. The van der Waals surface area contributed by atoms with Crippen molar-refractivity contribution in [3.63, 3.8) is 0 Å².